The van der Waals surface area contributed by atoms with Gasteiger partial charge in [-0.25, -0.2) is 0 Å². The molecule has 3 nitrogen and oxygen atoms in total. The van der Waals surface area contributed by atoms with E-state index in [2.05, 4.69) is 20.8 Å². The van der Waals surface area contributed by atoms with Gasteiger partial charge in [0.1, 0.15) is 5.54 Å². The zero-order chi connectivity index (χ0) is 11.0. The first-order valence-corrected chi connectivity index (χ1v) is 5.31. The molecule has 0 aromatic carbocycles. The second kappa shape index (κ2) is 3.54. The number of hydrogen-bond acceptors (Lipinski definition) is 2. The molecule has 0 unspecified atom stereocenters. The maximum atomic E-state index is 11.2. The van der Waals surface area contributed by atoms with Crippen LogP contribution in [0, 0.1) is 11.3 Å². The molecule has 0 amide bonds. The molecule has 0 bridgehead atoms. The van der Waals surface area contributed by atoms with E-state index >= 15 is 0 Å². The van der Waals surface area contributed by atoms with Crippen molar-refractivity contribution in [2.24, 2.45) is 17.1 Å². The number of carbonyl (C=O) groups is 1. The summed E-state index contributed by atoms with van der Waals surface area (Å²) in [5.74, 6) is -0.752. The van der Waals surface area contributed by atoms with E-state index in [1.165, 1.54) is 0 Å². The minimum Gasteiger partial charge on any atom is -0.480 e. The Hall–Kier alpha value is -0.570. The number of carboxylic acid groups (broad SMARTS) is 1. The van der Waals surface area contributed by atoms with Gasteiger partial charge in [0.05, 0.1) is 0 Å². The van der Waals surface area contributed by atoms with Gasteiger partial charge in [0.15, 0.2) is 0 Å². The summed E-state index contributed by atoms with van der Waals surface area (Å²) < 4.78 is 0. The molecule has 0 aromatic rings. The summed E-state index contributed by atoms with van der Waals surface area (Å²) in [7, 11) is 0. The van der Waals surface area contributed by atoms with Crippen LogP contribution in [0.25, 0.3) is 0 Å². The lowest BCUT2D eigenvalue weighted by molar-refractivity contribution is -0.149. The molecule has 82 valence electrons. The highest BCUT2D eigenvalue weighted by Gasteiger charge is 2.48. The van der Waals surface area contributed by atoms with Crippen LogP contribution >= 0.6 is 0 Å². The Balaban J connectivity index is 2.95. The van der Waals surface area contributed by atoms with Crippen molar-refractivity contribution in [1.29, 1.82) is 0 Å². The summed E-state index contributed by atoms with van der Waals surface area (Å²) in [5.41, 5.74) is 5.01. The molecule has 1 rings (SSSR count). The molecule has 1 fully saturated rings. The predicted octanol–water partition coefficient (Wildman–Crippen LogP) is 2.00. The maximum absolute atomic E-state index is 11.2. The van der Waals surface area contributed by atoms with Crippen molar-refractivity contribution in [2.45, 2.75) is 52.0 Å². The molecule has 0 radical (unpaired) electrons. The first-order chi connectivity index (χ1) is 6.28. The standard InChI is InChI=1S/C11H21NO2/c1-10(2,3)8-6-4-5-7-11(8,12)9(13)14/h8H,4-7,12H2,1-3H3,(H,13,14)/t8-,11+/m0/s1. The molecular formula is C11H21NO2. The van der Waals surface area contributed by atoms with Crippen molar-refractivity contribution in [2.75, 3.05) is 0 Å². The second-order valence-corrected chi connectivity index (χ2v) is 5.51. The Kier molecular flexibility index (Phi) is 2.91. The number of rotatable bonds is 1. The van der Waals surface area contributed by atoms with Crippen LogP contribution in [0.3, 0.4) is 0 Å². The molecule has 0 aliphatic heterocycles. The highest BCUT2D eigenvalue weighted by Crippen LogP contribution is 2.43. The highest BCUT2D eigenvalue weighted by atomic mass is 16.4. The van der Waals surface area contributed by atoms with Crippen molar-refractivity contribution >= 4 is 5.97 Å². The number of aliphatic carboxylic acids is 1. The zero-order valence-electron chi connectivity index (χ0n) is 9.34. The zero-order valence-corrected chi connectivity index (χ0v) is 9.34. The lowest BCUT2D eigenvalue weighted by atomic mass is 9.62. The SMILES string of the molecule is CC(C)(C)[C@@H]1CCCC[C@]1(N)C(=O)O. The van der Waals surface area contributed by atoms with Crippen molar-refractivity contribution in [3.05, 3.63) is 0 Å². The first kappa shape index (κ1) is 11.5. The van der Waals surface area contributed by atoms with Crippen LogP contribution in [0.5, 0.6) is 0 Å². The summed E-state index contributed by atoms with van der Waals surface area (Å²) >= 11 is 0. The van der Waals surface area contributed by atoms with E-state index in [9.17, 15) is 9.90 Å². The minimum atomic E-state index is -1.00. The average Bonchev–Trinajstić information content (AvgIpc) is 2.02. The summed E-state index contributed by atoms with van der Waals surface area (Å²) in [4.78, 5) is 11.2. The summed E-state index contributed by atoms with van der Waals surface area (Å²) in [5, 5.41) is 9.21. The van der Waals surface area contributed by atoms with Gasteiger partial charge in [-0.05, 0) is 24.2 Å². The molecule has 1 aliphatic rings. The first-order valence-electron chi connectivity index (χ1n) is 5.31. The fourth-order valence-electron chi connectivity index (χ4n) is 2.66. The Labute approximate surface area is 85.7 Å². The Morgan fingerprint density at radius 3 is 2.36 bits per heavy atom. The van der Waals surface area contributed by atoms with Crippen LogP contribution < -0.4 is 5.73 Å². The van der Waals surface area contributed by atoms with Gasteiger partial charge in [0, 0.05) is 0 Å². The Bertz CT molecular complexity index is 232. The van der Waals surface area contributed by atoms with Gasteiger partial charge in [0.2, 0.25) is 0 Å². The minimum absolute atomic E-state index is 0.0203. The van der Waals surface area contributed by atoms with Crippen LogP contribution in [-0.4, -0.2) is 16.6 Å². The normalized spacial score (nSPS) is 34.1. The van der Waals surface area contributed by atoms with Crippen molar-refractivity contribution in [1.82, 2.24) is 0 Å². The lowest BCUT2D eigenvalue weighted by Crippen LogP contribution is -2.59. The van der Waals surface area contributed by atoms with E-state index in [4.69, 9.17) is 5.73 Å². The highest BCUT2D eigenvalue weighted by molar-refractivity contribution is 5.79. The summed E-state index contributed by atoms with van der Waals surface area (Å²) in [6.45, 7) is 6.23. The number of nitrogens with two attached hydrogens (primary N) is 1. The quantitative estimate of drug-likeness (QED) is 0.679. The molecule has 2 atom stereocenters. The van der Waals surface area contributed by atoms with Crippen molar-refractivity contribution < 1.29 is 9.90 Å². The monoisotopic (exact) mass is 199 g/mol. The van der Waals surface area contributed by atoms with E-state index in [1.54, 1.807) is 0 Å². The molecule has 1 saturated carbocycles. The predicted molar refractivity (Wildman–Crippen MR) is 56.0 cm³/mol. The fraction of sp³-hybridized carbons (Fsp3) is 0.909. The Morgan fingerprint density at radius 2 is 2.00 bits per heavy atom. The second-order valence-electron chi connectivity index (χ2n) is 5.51. The van der Waals surface area contributed by atoms with Crippen LogP contribution in [0.2, 0.25) is 0 Å². The third kappa shape index (κ3) is 1.92. The molecule has 0 heterocycles. The molecule has 0 saturated heterocycles. The molecule has 0 spiro atoms. The third-order valence-electron chi connectivity index (χ3n) is 3.40. The van der Waals surface area contributed by atoms with Crippen LogP contribution in [0.15, 0.2) is 0 Å². The van der Waals surface area contributed by atoms with Gasteiger partial charge in [-0.1, -0.05) is 33.6 Å². The van der Waals surface area contributed by atoms with Gasteiger partial charge in [-0.3, -0.25) is 4.79 Å². The van der Waals surface area contributed by atoms with Gasteiger partial charge in [-0.2, -0.15) is 0 Å². The van der Waals surface area contributed by atoms with Crippen LogP contribution in [0.4, 0.5) is 0 Å². The Morgan fingerprint density at radius 1 is 1.43 bits per heavy atom. The smallest absolute Gasteiger partial charge is 0.323 e. The molecule has 3 heteroatoms. The molecule has 3 N–H and O–H groups in total. The summed E-state index contributed by atoms with van der Waals surface area (Å²) in [6.07, 6.45) is 3.60. The maximum Gasteiger partial charge on any atom is 0.323 e. The molecule has 0 aromatic heterocycles. The molecular weight excluding hydrogens is 178 g/mol. The van der Waals surface area contributed by atoms with Gasteiger partial charge < -0.3 is 10.8 Å². The largest absolute Gasteiger partial charge is 0.480 e. The van der Waals surface area contributed by atoms with Crippen LogP contribution in [-0.2, 0) is 4.79 Å². The van der Waals surface area contributed by atoms with Gasteiger partial charge in [-0.15, -0.1) is 0 Å². The van der Waals surface area contributed by atoms with E-state index in [1.807, 2.05) is 0 Å². The third-order valence-corrected chi connectivity index (χ3v) is 3.40. The lowest BCUT2D eigenvalue weighted by Gasteiger charge is -2.45. The fourth-order valence-corrected chi connectivity index (χ4v) is 2.66. The molecule has 1 aliphatic carbocycles. The summed E-state index contributed by atoms with van der Waals surface area (Å²) in [6, 6.07) is 0. The number of hydrogen-bond donors (Lipinski definition) is 2. The van der Waals surface area contributed by atoms with E-state index in [-0.39, 0.29) is 11.3 Å². The topological polar surface area (TPSA) is 63.3 Å². The van der Waals surface area contributed by atoms with E-state index in [0.29, 0.717) is 6.42 Å². The average molecular weight is 199 g/mol. The van der Waals surface area contributed by atoms with E-state index in [0.717, 1.165) is 19.3 Å². The van der Waals surface area contributed by atoms with Crippen molar-refractivity contribution in [3.8, 4) is 0 Å². The van der Waals surface area contributed by atoms with E-state index < -0.39 is 11.5 Å². The molecule has 14 heavy (non-hydrogen) atoms. The van der Waals surface area contributed by atoms with Crippen LogP contribution in [0.1, 0.15) is 46.5 Å². The van der Waals surface area contributed by atoms with Crippen molar-refractivity contribution in [3.63, 3.8) is 0 Å². The van der Waals surface area contributed by atoms with Gasteiger partial charge in [0.25, 0.3) is 0 Å². The number of carboxylic acids is 1. The van der Waals surface area contributed by atoms with Gasteiger partial charge >= 0.3 is 5.97 Å².